The Hall–Kier alpha value is -2.11. The number of urea groups is 1. The molecular formula is C18H26FN3O2. The summed E-state index contributed by atoms with van der Waals surface area (Å²) in [4.78, 5) is 24.4. The minimum atomic E-state index is -0.538. The van der Waals surface area contributed by atoms with E-state index in [0.29, 0.717) is 12.3 Å². The zero-order valence-electron chi connectivity index (χ0n) is 14.3. The van der Waals surface area contributed by atoms with E-state index < -0.39 is 12.1 Å². The molecule has 24 heavy (non-hydrogen) atoms. The second kappa shape index (κ2) is 8.66. The first-order valence-corrected chi connectivity index (χ1v) is 8.58. The Labute approximate surface area is 142 Å². The minimum absolute atomic E-state index is 0.131. The van der Waals surface area contributed by atoms with E-state index in [-0.39, 0.29) is 24.3 Å². The van der Waals surface area contributed by atoms with E-state index in [2.05, 4.69) is 16.0 Å². The van der Waals surface area contributed by atoms with Gasteiger partial charge in [-0.25, -0.2) is 9.18 Å². The molecule has 2 atom stereocenters. The molecule has 5 nitrogen and oxygen atoms in total. The van der Waals surface area contributed by atoms with Crippen LogP contribution in [0.5, 0.6) is 0 Å². The Bertz CT molecular complexity index is 558. The van der Waals surface area contributed by atoms with E-state index >= 15 is 0 Å². The quantitative estimate of drug-likeness (QED) is 0.683. The third-order valence-corrected chi connectivity index (χ3v) is 4.26. The molecule has 1 saturated carbocycles. The van der Waals surface area contributed by atoms with Crippen molar-refractivity contribution in [1.82, 2.24) is 16.0 Å². The number of rotatable bonds is 8. The predicted octanol–water partition coefficient (Wildman–Crippen LogP) is 2.71. The molecule has 2 unspecified atom stereocenters. The highest BCUT2D eigenvalue weighted by atomic mass is 19.1. The van der Waals surface area contributed by atoms with Crippen LogP contribution in [0.1, 0.15) is 45.1 Å². The molecule has 0 bridgehead atoms. The van der Waals surface area contributed by atoms with Crippen molar-refractivity contribution in [1.29, 1.82) is 0 Å². The molecule has 2 rings (SSSR count). The molecule has 0 heterocycles. The number of nitrogens with one attached hydrogen (secondary N) is 3. The number of carbonyl (C=O) groups is 2. The van der Waals surface area contributed by atoms with Crippen LogP contribution in [0.3, 0.4) is 0 Å². The van der Waals surface area contributed by atoms with Crippen molar-refractivity contribution in [2.45, 2.75) is 58.2 Å². The topological polar surface area (TPSA) is 70.2 Å². The molecule has 0 radical (unpaired) electrons. The number of carbonyl (C=O) groups excluding carboxylic acids is 2. The zero-order chi connectivity index (χ0) is 17.5. The Balaban J connectivity index is 1.80. The molecule has 1 aliphatic rings. The van der Waals surface area contributed by atoms with Crippen molar-refractivity contribution in [3.8, 4) is 0 Å². The fraction of sp³-hybridized carbons (Fsp3) is 0.556. The normalized spacial score (nSPS) is 16.1. The van der Waals surface area contributed by atoms with E-state index in [0.717, 1.165) is 24.8 Å². The predicted molar refractivity (Wildman–Crippen MR) is 90.8 cm³/mol. The summed E-state index contributed by atoms with van der Waals surface area (Å²) in [6, 6.07) is 5.15. The van der Waals surface area contributed by atoms with Crippen molar-refractivity contribution in [2.24, 2.45) is 5.92 Å². The van der Waals surface area contributed by atoms with E-state index in [1.54, 1.807) is 12.1 Å². The zero-order valence-corrected chi connectivity index (χ0v) is 14.3. The largest absolute Gasteiger partial charge is 0.352 e. The van der Waals surface area contributed by atoms with Crippen LogP contribution in [-0.4, -0.2) is 24.0 Å². The number of amides is 3. The average molecular weight is 335 g/mol. The van der Waals surface area contributed by atoms with Crippen LogP contribution >= 0.6 is 0 Å². The molecule has 1 fully saturated rings. The van der Waals surface area contributed by atoms with Gasteiger partial charge in [-0.1, -0.05) is 25.5 Å². The standard InChI is InChI=1S/C18H26FN3O2/c1-3-4-16(17(23)21-12(2)14-7-8-14)22-18(24)20-11-13-5-9-15(19)10-6-13/h5-6,9-10,12,14,16H,3-4,7-8,11H2,1-2H3,(H,21,23)(H2,20,22,24). The van der Waals surface area contributed by atoms with E-state index in [1.165, 1.54) is 12.1 Å². The summed E-state index contributed by atoms with van der Waals surface area (Å²) >= 11 is 0. The lowest BCUT2D eigenvalue weighted by Crippen LogP contribution is -2.51. The van der Waals surface area contributed by atoms with Gasteiger partial charge in [-0.2, -0.15) is 0 Å². The third kappa shape index (κ3) is 5.83. The van der Waals surface area contributed by atoms with E-state index in [4.69, 9.17) is 0 Å². The Morgan fingerprint density at radius 3 is 2.46 bits per heavy atom. The first-order valence-electron chi connectivity index (χ1n) is 8.58. The molecule has 1 aromatic rings. The average Bonchev–Trinajstić information content (AvgIpc) is 3.39. The Morgan fingerprint density at radius 2 is 1.88 bits per heavy atom. The van der Waals surface area contributed by atoms with Crippen molar-refractivity contribution in [3.05, 3.63) is 35.6 Å². The highest BCUT2D eigenvalue weighted by Gasteiger charge is 2.30. The summed E-state index contributed by atoms with van der Waals surface area (Å²) in [6.45, 7) is 4.26. The van der Waals surface area contributed by atoms with Crippen LogP contribution in [0.2, 0.25) is 0 Å². The van der Waals surface area contributed by atoms with Gasteiger partial charge in [0.05, 0.1) is 0 Å². The van der Waals surface area contributed by atoms with Crippen LogP contribution < -0.4 is 16.0 Å². The molecule has 0 saturated heterocycles. The molecule has 1 aromatic carbocycles. The van der Waals surface area contributed by atoms with Gasteiger partial charge in [-0.15, -0.1) is 0 Å². The molecule has 0 spiro atoms. The number of benzene rings is 1. The minimum Gasteiger partial charge on any atom is -0.352 e. The summed E-state index contributed by atoms with van der Waals surface area (Å²) in [5, 5.41) is 8.41. The first-order chi connectivity index (χ1) is 11.5. The molecule has 3 amide bonds. The summed E-state index contributed by atoms with van der Waals surface area (Å²) in [6.07, 6.45) is 3.71. The molecule has 0 aliphatic heterocycles. The maximum Gasteiger partial charge on any atom is 0.315 e. The van der Waals surface area contributed by atoms with Gasteiger partial charge in [0.15, 0.2) is 0 Å². The molecule has 1 aliphatic carbocycles. The number of halogens is 1. The first kappa shape index (κ1) is 18.2. The monoisotopic (exact) mass is 335 g/mol. The summed E-state index contributed by atoms with van der Waals surface area (Å²) in [7, 11) is 0. The maximum atomic E-state index is 12.9. The Morgan fingerprint density at radius 1 is 1.21 bits per heavy atom. The van der Waals surface area contributed by atoms with Gasteiger partial charge in [0.2, 0.25) is 5.91 Å². The van der Waals surface area contributed by atoms with Crippen LogP contribution in [0, 0.1) is 11.7 Å². The van der Waals surface area contributed by atoms with Crippen molar-refractivity contribution >= 4 is 11.9 Å². The SMILES string of the molecule is CCCC(NC(=O)NCc1ccc(F)cc1)C(=O)NC(C)C1CC1. The molecule has 132 valence electrons. The van der Waals surface area contributed by atoms with E-state index in [9.17, 15) is 14.0 Å². The molecule has 6 heteroatoms. The van der Waals surface area contributed by atoms with Gasteiger partial charge in [-0.05, 0) is 49.8 Å². The molecule has 0 aromatic heterocycles. The van der Waals surface area contributed by atoms with Crippen LogP contribution in [0.15, 0.2) is 24.3 Å². The fourth-order valence-corrected chi connectivity index (χ4v) is 2.59. The maximum absolute atomic E-state index is 12.9. The summed E-state index contributed by atoms with van der Waals surface area (Å²) < 4.78 is 12.9. The van der Waals surface area contributed by atoms with Gasteiger partial charge >= 0.3 is 6.03 Å². The lowest BCUT2D eigenvalue weighted by Gasteiger charge is -2.21. The van der Waals surface area contributed by atoms with Gasteiger partial charge in [0, 0.05) is 12.6 Å². The van der Waals surface area contributed by atoms with Gasteiger partial charge in [-0.3, -0.25) is 4.79 Å². The lowest BCUT2D eigenvalue weighted by atomic mass is 10.1. The van der Waals surface area contributed by atoms with Crippen LogP contribution in [0.25, 0.3) is 0 Å². The number of hydrogen-bond acceptors (Lipinski definition) is 2. The number of hydrogen-bond donors (Lipinski definition) is 3. The molecule has 3 N–H and O–H groups in total. The molecular weight excluding hydrogens is 309 g/mol. The third-order valence-electron chi connectivity index (χ3n) is 4.26. The summed E-state index contributed by atoms with van der Waals surface area (Å²) in [5.41, 5.74) is 0.797. The smallest absolute Gasteiger partial charge is 0.315 e. The van der Waals surface area contributed by atoms with Crippen LogP contribution in [0.4, 0.5) is 9.18 Å². The highest BCUT2D eigenvalue weighted by molar-refractivity contribution is 5.87. The van der Waals surface area contributed by atoms with Gasteiger partial charge < -0.3 is 16.0 Å². The van der Waals surface area contributed by atoms with E-state index in [1.807, 2.05) is 13.8 Å². The van der Waals surface area contributed by atoms with Crippen LogP contribution in [-0.2, 0) is 11.3 Å². The Kier molecular flexibility index (Phi) is 6.58. The van der Waals surface area contributed by atoms with Crippen molar-refractivity contribution in [2.75, 3.05) is 0 Å². The lowest BCUT2D eigenvalue weighted by molar-refractivity contribution is -0.123. The highest BCUT2D eigenvalue weighted by Crippen LogP contribution is 2.32. The van der Waals surface area contributed by atoms with Crippen molar-refractivity contribution in [3.63, 3.8) is 0 Å². The fourth-order valence-electron chi connectivity index (χ4n) is 2.59. The van der Waals surface area contributed by atoms with Crippen molar-refractivity contribution < 1.29 is 14.0 Å². The van der Waals surface area contributed by atoms with Gasteiger partial charge in [0.1, 0.15) is 11.9 Å². The second-order valence-corrected chi connectivity index (χ2v) is 6.43. The summed E-state index contributed by atoms with van der Waals surface area (Å²) in [5.74, 6) is 0.129. The van der Waals surface area contributed by atoms with Gasteiger partial charge in [0.25, 0.3) is 0 Å². The second-order valence-electron chi connectivity index (χ2n) is 6.43.